The molecule has 0 spiro atoms. The number of carbonyl (C=O) groups is 1. The summed E-state index contributed by atoms with van der Waals surface area (Å²) in [6.45, 7) is 4.70. The molecule has 1 heterocycles. The van der Waals surface area contributed by atoms with E-state index in [2.05, 4.69) is 17.3 Å². The molecule has 0 aliphatic carbocycles. The number of amides is 1. The van der Waals surface area contributed by atoms with Crippen LogP contribution in [0.4, 0.5) is 0 Å². The first-order chi connectivity index (χ1) is 8.08. The molecule has 1 unspecified atom stereocenters. The highest BCUT2D eigenvalue weighted by Crippen LogP contribution is 2.13. The first kappa shape index (κ1) is 14.1. The van der Waals surface area contributed by atoms with Crippen LogP contribution in [0.3, 0.4) is 0 Å². The summed E-state index contributed by atoms with van der Waals surface area (Å²) >= 11 is 1.62. The van der Waals surface area contributed by atoms with E-state index in [4.69, 9.17) is 5.84 Å². The highest BCUT2D eigenvalue weighted by molar-refractivity contribution is 7.09. The van der Waals surface area contributed by atoms with Crippen molar-refractivity contribution in [3.63, 3.8) is 0 Å². The topological polar surface area (TPSA) is 71.2 Å². The lowest BCUT2D eigenvalue weighted by Crippen LogP contribution is -2.47. The van der Waals surface area contributed by atoms with Gasteiger partial charge in [-0.05, 0) is 20.4 Å². The van der Waals surface area contributed by atoms with Crippen molar-refractivity contribution in [1.29, 1.82) is 0 Å². The summed E-state index contributed by atoms with van der Waals surface area (Å²) < 4.78 is 0. The van der Waals surface area contributed by atoms with Gasteiger partial charge in [0.2, 0.25) is 0 Å². The summed E-state index contributed by atoms with van der Waals surface area (Å²) in [6, 6.07) is -0.188. The molecule has 1 rings (SSSR count). The zero-order chi connectivity index (χ0) is 12.8. The Hall–Kier alpha value is -0.980. The standard InChI is InChI=1S/C11H20N4OS/c1-4-5-10(11(16)14-12)15(3)6-9-7-17-8(2)13-9/h7,10H,4-6,12H2,1-3H3,(H,14,16). The number of aryl methyl sites for hydroxylation is 1. The first-order valence-corrected chi connectivity index (χ1v) is 6.58. The number of aromatic nitrogens is 1. The number of hydrogen-bond acceptors (Lipinski definition) is 5. The summed E-state index contributed by atoms with van der Waals surface area (Å²) in [5.74, 6) is 5.06. The molecule has 0 saturated carbocycles. The Morgan fingerprint density at radius 1 is 1.71 bits per heavy atom. The van der Waals surface area contributed by atoms with E-state index >= 15 is 0 Å². The Balaban J connectivity index is 2.64. The first-order valence-electron chi connectivity index (χ1n) is 5.70. The second-order valence-corrected chi connectivity index (χ2v) is 5.15. The summed E-state index contributed by atoms with van der Waals surface area (Å²) in [6.07, 6.45) is 1.74. The fourth-order valence-corrected chi connectivity index (χ4v) is 2.37. The molecule has 0 aliphatic heterocycles. The van der Waals surface area contributed by atoms with Crippen LogP contribution in [0.2, 0.25) is 0 Å². The van der Waals surface area contributed by atoms with Gasteiger partial charge in [0.05, 0.1) is 16.7 Å². The van der Waals surface area contributed by atoms with E-state index in [-0.39, 0.29) is 11.9 Å². The molecule has 1 aromatic heterocycles. The third kappa shape index (κ3) is 4.07. The monoisotopic (exact) mass is 256 g/mol. The Morgan fingerprint density at radius 2 is 2.41 bits per heavy atom. The second kappa shape index (κ2) is 6.68. The summed E-state index contributed by atoms with van der Waals surface area (Å²) in [5.41, 5.74) is 3.22. The van der Waals surface area contributed by atoms with Gasteiger partial charge in [-0.15, -0.1) is 11.3 Å². The van der Waals surface area contributed by atoms with Crippen molar-refractivity contribution < 1.29 is 4.79 Å². The average Bonchev–Trinajstić information content (AvgIpc) is 2.70. The number of hydrazine groups is 1. The lowest BCUT2D eigenvalue weighted by molar-refractivity contribution is -0.126. The van der Waals surface area contributed by atoms with E-state index < -0.39 is 0 Å². The molecule has 0 aromatic carbocycles. The number of rotatable bonds is 6. The minimum atomic E-state index is -0.188. The average molecular weight is 256 g/mol. The van der Waals surface area contributed by atoms with Crippen LogP contribution in [0.5, 0.6) is 0 Å². The molecule has 1 amide bonds. The van der Waals surface area contributed by atoms with E-state index in [1.165, 1.54) is 0 Å². The Morgan fingerprint density at radius 3 is 2.88 bits per heavy atom. The van der Waals surface area contributed by atoms with Crippen LogP contribution < -0.4 is 11.3 Å². The zero-order valence-corrected chi connectivity index (χ0v) is 11.4. The number of nitrogens with two attached hydrogens (primary N) is 1. The SMILES string of the molecule is CCCC(C(=O)NN)N(C)Cc1csc(C)n1. The maximum atomic E-state index is 11.6. The quantitative estimate of drug-likeness (QED) is 0.453. The Bertz CT molecular complexity index is 366. The molecule has 3 N–H and O–H groups in total. The maximum absolute atomic E-state index is 11.6. The third-order valence-electron chi connectivity index (χ3n) is 2.62. The summed E-state index contributed by atoms with van der Waals surface area (Å²) in [7, 11) is 1.92. The molecular formula is C11H20N4OS. The third-order valence-corrected chi connectivity index (χ3v) is 3.44. The molecule has 0 radical (unpaired) electrons. The molecule has 6 heteroatoms. The van der Waals surface area contributed by atoms with Crippen molar-refractivity contribution in [2.75, 3.05) is 7.05 Å². The highest BCUT2D eigenvalue weighted by atomic mass is 32.1. The van der Waals surface area contributed by atoms with Gasteiger partial charge in [0.1, 0.15) is 0 Å². The van der Waals surface area contributed by atoms with Crippen molar-refractivity contribution in [2.24, 2.45) is 5.84 Å². The molecule has 0 saturated heterocycles. The van der Waals surface area contributed by atoms with Gasteiger partial charge < -0.3 is 0 Å². The normalized spacial score (nSPS) is 12.8. The van der Waals surface area contributed by atoms with Crippen LogP contribution in [-0.4, -0.2) is 28.9 Å². The van der Waals surface area contributed by atoms with Crippen LogP contribution in [0, 0.1) is 6.92 Å². The van der Waals surface area contributed by atoms with Gasteiger partial charge in [-0.1, -0.05) is 13.3 Å². The van der Waals surface area contributed by atoms with Gasteiger partial charge in [-0.25, -0.2) is 10.8 Å². The smallest absolute Gasteiger partial charge is 0.251 e. The van der Waals surface area contributed by atoms with Crippen LogP contribution in [0.15, 0.2) is 5.38 Å². The van der Waals surface area contributed by atoms with Crippen molar-refractivity contribution in [3.05, 3.63) is 16.1 Å². The van der Waals surface area contributed by atoms with Gasteiger partial charge in [-0.3, -0.25) is 15.1 Å². The molecule has 0 fully saturated rings. The Labute approximate surface area is 106 Å². The zero-order valence-electron chi connectivity index (χ0n) is 10.6. The minimum Gasteiger partial charge on any atom is -0.293 e. The van der Waals surface area contributed by atoms with Crippen molar-refractivity contribution in [3.8, 4) is 0 Å². The van der Waals surface area contributed by atoms with Crippen LogP contribution in [-0.2, 0) is 11.3 Å². The fourth-order valence-electron chi connectivity index (χ4n) is 1.77. The fraction of sp³-hybridized carbons (Fsp3) is 0.636. The van der Waals surface area contributed by atoms with Gasteiger partial charge in [0, 0.05) is 11.9 Å². The summed E-state index contributed by atoms with van der Waals surface area (Å²) in [5, 5.41) is 3.07. The predicted molar refractivity (Wildman–Crippen MR) is 69.3 cm³/mol. The second-order valence-electron chi connectivity index (χ2n) is 4.09. The molecule has 0 bridgehead atoms. The molecule has 17 heavy (non-hydrogen) atoms. The number of nitrogens with one attached hydrogen (secondary N) is 1. The number of carbonyl (C=O) groups excluding carboxylic acids is 1. The van der Waals surface area contributed by atoms with Crippen molar-refractivity contribution in [1.82, 2.24) is 15.3 Å². The lowest BCUT2D eigenvalue weighted by atomic mass is 10.1. The van der Waals surface area contributed by atoms with Crippen LogP contribution in [0.1, 0.15) is 30.5 Å². The van der Waals surface area contributed by atoms with Crippen molar-refractivity contribution in [2.45, 2.75) is 39.3 Å². The largest absolute Gasteiger partial charge is 0.293 e. The van der Waals surface area contributed by atoms with E-state index in [0.717, 1.165) is 23.5 Å². The van der Waals surface area contributed by atoms with Crippen LogP contribution in [0.25, 0.3) is 0 Å². The van der Waals surface area contributed by atoms with Gasteiger partial charge in [-0.2, -0.15) is 0 Å². The molecule has 5 nitrogen and oxygen atoms in total. The molecule has 1 atom stereocenters. The number of likely N-dealkylation sites (N-methyl/N-ethyl adjacent to an activating group) is 1. The van der Waals surface area contributed by atoms with Gasteiger partial charge in [0.15, 0.2) is 0 Å². The number of nitrogens with zero attached hydrogens (tertiary/aromatic N) is 2. The van der Waals surface area contributed by atoms with Gasteiger partial charge >= 0.3 is 0 Å². The van der Waals surface area contributed by atoms with E-state index in [1.807, 2.05) is 24.3 Å². The van der Waals surface area contributed by atoms with Crippen LogP contribution >= 0.6 is 11.3 Å². The number of thiazole rings is 1. The van der Waals surface area contributed by atoms with Gasteiger partial charge in [0.25, 0.3) is 5.91 Å². The molecular weight excluding hydrogens is 236 g/mol. The molecule has 0 aliphatic rings. The number of hydrogen-bond donors (Lipinski definition) is 2. The lowest BCUT2D eigenvalue weighted by Gasteiger charge is -2.25. The Kier molecular flexibility index (Phi) is 5.54. The van der Waals surface area contributed by atoms with E-state index in [1.54, 1.807) is 11.3 Å². The van der Waals surface area contributed by atoms with E-state index in [9.17, 15) is 4.79 Å². The molecule has 1 aromatic rings. The summed E-state index contributed by atoms with van der Waals surface area (Å²) in [4.78, 5) is 18.0. The van der Waals surface area contributed by atoms with E-state index in [0.29, 0.717) is 6.54 Å². The molecule has 96 valence electrons. The highest BCUT2D eigenvalue weighted by Gasteiger charge is 2.22. The maximum Gasteiger partial charge on any atom is 0.251 e. The predicted octanol–water partition coefficient (Wildman–Crippen LogP) is 1.04. The minimum absolute atomic E-state index is 0.138. The van der Waals surface area contributed by atoms with Crippen molar-refractivity contribution >= 4 is 17.2 Å².